The summed E-state index contributed by atoms with van der Waals surface area (Å²) < 4.78 is 5.27. The highest BCUT2D eigenvalue weighted by Gasteiger charge is 2.27. The van der Waals surface area contributed by atoms with Crippen molar-refractivity contribution < 1.29 is 9.53 Å². The van der Waals surface area contributed by atoms with E-state index < -0.39 is 5.60 Å². The lowest BCUT2D eigenvalue weighted by Gasteiger charge is -2.34. The van der Waals surface area contributed by atoms with Crippen molar-refractivity contribution in [3.63, 3.8) is 0 Å². The third-order valence-electron chi connectivity index (χ3n) is 2.14. The van der Waals surface area contributed by atoms with E-state index in [9.17, 15) is 4.79 Å². The number of nitrogens with zero attached hydrogens (tertiary/aromatic N) is 1. The Morgan fingerprint density at radius 2 is 2.20 bits per heavy atom. The standard InChI is InChI=1S/C11H20N2O2/c1-8-6-7-13(9(2)12-8)10(14)15-11(3,4)5/h8,12H,2,6-7H2,1,3-5H3/t8-/m0/s1. The van der Waals surface area contributed by atoms with Crippen LogP contribution >= 0.6 is 0 Å². The van der Waals surface area contributed by atoms with Crippen molar-refractivity contribution in [2.75, 3.05) is 6.54 Å². The molecule has 0 saturated carbocycles. The van der Waals surface area contributed by atoms with Gasteiger partial charge in [-0.2, -0.15) is 0 Å². The summed E-state index contributed by atoms with van der Waals surface area (Å²) in [6.45, 7) is 12.1. The highest BCUT2D eigenvalue weighted by Crippen LogP contribution is 2.16. The summed E-state index contributed by atoms with van der Waals surface area (Å²) in [6, 6.07) is 0.371. The lowest BCUT2D eigenvalue weighted by molar-refractivity contribution is 0.0268. The topological polar surface area (TPSA) is 41.6 Å². The molecule has 1 N–H and O–H groups in total. The number of amides is 1. The number of carbonyl (C=O) groups excluding carboxylic acids is 1. The second kappa shape index (κ2) is 4.13. The number of hydrogen-bond acceptors (Lipinski definition) is 3. The third kappa shape index (κ3) is 3.46. The van der Waals surface area contributed by atoms with E-state index in [-0.39, 0.29) is 6.09 Å². The Morgan fingerprint density at radius 3 is 2.67 bits per heavy atom. The zero-order valence-electron chi connectivity index (χ0n) is 9.96. The molecule has 0 aromatic heterocycles. The van der Waals surface area contributed by atoms with Crippen LogP contribution in [0, 0.1) is 0 Å². The van der Waals surface area contributed by atoms with Crippen molar-refractivity contribution in [3.05, 3.63) is 12.4 Å². The first-order valence-corrected chi connectivity index (χ1v) is 5.25. The van der Waals surface area contributed by atoms with Crippen LogP contribution in [0.3, 0.4) is 0 Å². The molecule has 4 nitrogen and oxygen atoms in total. The second-order valence-corrected chi connectivity index (χ2v) is 4.91. The van der Waals surface area contributed by atoms with E-state index in [1.54, 1.807) is 4.90 Å². The molecule has 1 aliphatic rings. The van der Waals surface area contributed by atoms with Gasteiger partial charge in [-0.05, 0) is 34.1 Å². The summed E-state index contributed by atoms with van der Waals surface area (Å²) in [4.78, 5) is 13.3. The van der Waals surface area contributed by atoms with Crippen LogP contribution in [-0.2, 0) is 4.74 Å². The fourth-order valence-electron chi connectivity index (χ4n) is 1.41. The van der Waals surface area contributed by atoms with Gasteiger partial charge in [-0.15, -0.1) is 0 Å². The van der Waals surface area contributed by atoms with Gasteiger partial charge in [-0.3, -0.25) is 4.90 Å². The highest BCUT2D eigenvalue weighted by atomic mass is 16.6. The van der Waals surface area contributed by atoms with Gasteiger partial charge in [0.2, 0.25) is 0 Å². The van der Waals surface area contributed by atoms with Crippen molar-refractivity contribution in [3.8, 4) is 0 Å². The van der Waals surface area contributed by atoms with Crippen LogP contribution in [0.4, 0.5) is 4.79 Å². The molecule has 1 aliphatic heterocycles. The molecule has 0 aromatic rings. The monoisotopic (exact) mass is 212 g/mol. The molecule has 4 heteroatoms. The molecular weight excluding hydrogens is 192 g/mol. The van der Waals surface area contributed by atoms with Gasteiger partial charge in [0, 0.05) is 12.6 Å². The highest BCUT2D eigenvalue weighted by molar-refractivity contribution is 5.70. The maximum Gasteiger partial charge on any atom is 0.415 e. The van der Waals surface area contributed by atoms with Gasteiger partial charge in [0.05, 0.1) is 0 Å². The molecule has 0 radical (unpaired) electrons. The van der Waals surface area contributed by atoms with E-state index in [4.69, 9.17) is 4.74 Å². The maximum absolute atomic E-state index is 11.7. The van der Waals surface area contributed by atoms with Gasteiger partial charge in [0.25, 0.3) is 0 Å². The van der Waals surface area contributed by atoms with Crippen LogP contribution in [0.5, 0.6) is 0 Å². The van der Waals surface area contributed by atoms with Gasteiger partial charge in [-0.1, -0.05) is 6.58 Å². The van der Waals surface area contributed by atoms with E-state index >= 15 is 0 Å². The smallest absolute Gasteiger partial charge is 0.415 e. The zero-order chi connectivity index (χ0) is 11.6. The van der Waals surface area contributed by atoms with Crippen molar-refractivity contribution in [1.82, 2.24) is 10.2 Å². The van der Waals surface area contributed by atoms with Gasteiger partial charge in [-0.25, -0.2) is 4.79 Å². The zero-order valence-corrected chi connectivity index (χ0v) is 9.96. The lowest BCUT2D eigenvalue weighted by atomic mass is 10.2. The SMILES string of the molecule is C=C1N[C@@H](C)CCN1C(=O)OC(C)(C)C. The fraction of sp³-hybridized carbons (Fsp3) is 0.727. The first kappa shape index (κ1) is 11.9. The Labute approximate surface area is 91.3 Å². The van der Waals surface area contributed by atoms with Crippen LogP contribution in [0.2, 0.25) is 0 Å². The van der Waals surface area contributed by atoms with Crippen LogP contribution in [0.15, 0.2) is 12.4 Å². The third-order valence-corrected chi connectivity index (χ3v) is 2.14. The minimum atomic E-state index is -0.458. The first-order valence-electron chi connectivity index (χ1n) is 5.25. The van der Waals surface area contributed by atoms with Crippen molar-refractivity contribution in [1.29, 1.82) is 0 Å². The summed E-state index contributed by atoms with van der Waals surface area (Å²) in [5.41, 5.74) is -0.458. The summed E-state index contributed by atoms with van der Waals surface area (Å²) >= 11 is 0. The Balaban J connectivity index is 2.57. The van der Waals surface area contributed by atoms with Crippen LogP contribution < -0.4 is 5.32 Å². The minimum absolute atomic E-state index is 0.327. The number of rotatable bonds is 0. The number of hydrogen-bond donors (Lipinski definition) is 1. The molecule has 86 valence electrons. The molecule has 0 aliphatic carbocycles. The van der Waals surface area contributed by atoms with Crippen molar-refractivity contribution >= 4 is 6.09 Å². The largest absolute Gasteiger partial charge is 0.443 e. The molecule has 0 bridgehead atoms. The first-order chi connectivity index (χ1) is 6.79. The minimum Gasteiger partial charge on any atom is -0.443 e. The Morgan fingerprint density at radius 1 is 1.60 bits per heavy atom. The average Bonchev–Trinajstić information content (AvgIpc) is 1.99. The predicted octanol–water partition coefficient (Wildman–Crippen LogP) is 2.08. The van der Waals surface area contributed by atoms with E-state index in [1.807, 2.05) is 20.8 Å². The van der Waals surface area contributed by atoms with E-state index in [0.717, 1.165) is 6.42 Å². The van der Waals surface area contributed by atoms with Crippen molar-refractivity contribution in [2.45, 2.75) is 45.8 Å². The number of nitrogens with one attached hydrogen (secondary N) is 1. The van der Waals surface area contributed by atoms with E-state index in [0.29, 0.717) is 18.4 Å². The van der Waals surface area contributed by atoms with Crippen LogP contribution in [0.25, 0.3) is 0 Å². The molecule has 1 saturated heterocycles. The second-order valence-electron chi connectivity index (χ2n) is 4.91. The molecular formula is C11H20N2O2. The molecule has 1 fully saturated rings. The Bertz CT molecular complexity index is 268. The van der Waals surface area contributed by atoms with Gasteiger partial charge in [0.15, 0.2) is 0 Å². The summed E-state index contributed by atoms with van der Waals surface area (Å²) in [6.07, 6.45) is 0.588. The average molecular weight is 212 g/mol. The molecule has 1 heterocycles. The summed E-state index contributed by atoms with van der Waals surface area (Å²) in [5, 5.41) is 3.13. The Hall–Kier alpha value is -1.19. The Kier molecular flexibility index (Phi) is 3.27. The quantitative estimate of drug-likeness (QED) is 0.668. The van der Waals surface area contributed by atoms with Crippen LogP contribution in [0.1, 0.15) is 34.1 Å². The maximum atomic E-state index is 11.7. The number of carbonyl (C=O) groups is 1. The molecule has 1 atom stereocenters. The fourth-order valence-corrected chi connectivity index (χ4v) is 1.41. The lowest BCUT2D eigenvalue weighted by Crippen LogP contribution is -2.47. The van der Waals surface area contributed by atoms with Gasteiger partial charge in [0.1, 0.15) is 11.4 Å². The van der Waals surface area contributed by atoms with Gasteiger partial charge < -0.3 is 10.1 Å². The molecule has 1 amide bonds. The predicted molar refractivity (Wildman–Crippen MR) is 59.3 cm³/mol. The van der Waals surface area contributed by atoms with E-state index in [2.05, 4.69) is 18.8 Å². The normalized spacial score (nSPS) is 22.3. The summed E-state index contributed by atoms with van der Waals surface area (Å²) in [5.74, 6) is 0.628. The van der Waals surface area contributed by atoms with Crippen molar-refractivity contribution in [2.24, 2.45) is 0 Å². The summed E-state index contributed by atoms with van der Waals surface area (Å²) in [7, 11) is 0. The molecule has 1 rings (SSSR count). The molecule has 0 unspecified atom stereocenters. The number of ether oxygens (including phenoxy) is 1. The van der Waals surface area contributed by atoms with Crippen LogP contribution in [-0.4, -0.2) is 29.2 Å². The molecule has 0 spiro atoms. The molecule has 15 heavy (non-hydrogen) atoms. The van der Waals surface area contributed by atoms with Gasteiger partial charge >= 0.3 is 6.09 Å². The van der Waals surface area contributed by atoms with E-state index in [1.165, 1.54) is 0 Å². The molecule has 0 aromatic carbocycles.